The Hall–Kier alpha value is -1.04. The highest BCUT2D eigenvalue weighted by Gasteiger charge is 2.28. The number of halogens is 4. The number of hydrogen-bond donors (Lipinski definition) is 2. The number of benzene rings is 2. The van der Waals surface area contributed by atoms with Crippen LogP contribution in [-0.2, 0) is 14.9 Å². The molecule has 162 valence electrons. The van der Waals surface area contributed by atoms with Crippen LogP contribution in [-0.4, -0.2) is 23.9 Å². The third kappa shape index (κ3) is 4.56. The van der Waals surface area contributed by atoms with Crippen LogP contribution in [0.2, 0.25) is 0 Å². The van der Waals surface area contributed by atoms with Crippen molar-refractivity contribution >= 4 is 85.2 Å². The molecule has 0 bridgehead atoms. The molecule has 31 heavy (non-hydrogen) atoms. The maximum Gasteiger partial charge on any atom is 0.295 e. The Morgan fingerprint density at radius 1 is 1.00 bits per heavy atom. The second-order valence-electron chi connectivity index (χ2n) is 6.71. The fourth-order valence-corrected chi connectivity index (χ4v) is 6.19. The molecule has 0 unspecified atom stereocenters. The molecule has 2 aromatic rings. The zero-order chi connectivity index (χ0) is 23.2. The quantitative estimate of drug-likeness (QED) is 0.344. The van der Waals surface area contributed by atoms with E-state index in [0.29, 0.717) is 41.3 Å². The van der Waals surface area contributed by atoms with E-state index in [2.05, 4.69) is 63.7 Å². The molecule has 0 spiro atoms. The summed E-state index contributed by atoms with van der Waals surface area (Å²) in [4.78, 5) is 12.1. The lowest BCUT2D eigenvalue weighted by Crippen LogP contribution is -2.11. The number of Topliss-reactive ketones (excluding diaryl/α,β-unsaturated/α-hetero) is 1. The van der Waals surface area contributed by atoms with Gasteiger partial charge < -0.3 is 5.11 Å². The number of aromatic hydroxyl groups is 1. The van der Waals surface area contributed by atoms with Gasteiger partial charge in [0.15, 0.2) is 0 Å². The first kappa shape index (κ1) is 24.6. The summed E-state index contributed by atoms with van der Waals surface area (Å²) in [5.41, 5.74) is 3.10. The molecule has 0 aromatic heterocycles. The van der Waals surface area contributed by atoms with E-state index in [9.17, 15) is 22.9 Å². The van der Waals surface area contributed by atoms with E-state index in [1.165, 1.54) is 12.1 Å². The molecule has 0 heterocycles. The van der Waals surface area contributed by atoms with Crippen LogP contribution < -0.4 is 0 Å². The molecule has 1 aliphatic rings. The van der Waals surface area contributed by atoms with Gasteiger partial charge in [-0.3, -0.25) is 9.35 Å². The molecule has 1 aliphatic carbocycles. The molecule has 0 saturated heterocycles. The van der Waals surface area contributed by atoms with Gasteiger partial charge in [0.05, 0.1) is 17.9 Å². The lowest BCUT2D eigenvalue weighted by molar-refractivity contribution is -0.111. The molecule has 2 N–H and O–H groups in total. The topological polar surface area (TPSA) is 91.7 Å². The van der Waals surface area contributed by atoms with Gasteiger partial charge in [-0.1, -0.05) is 18.2 Å². The van der Waals surface area contributed by atoms with Crippen LogP contribution in [0.3, 0.4) is 0 Å². The third-order valence-electron chi connectivity index (χ3n) is 4.83. The van der Waals surface area contributed by atoms with Gasteiger partial charge in [-0.2, -0.15) is 8.42 Å². The van der Waals surface area contributed by atoms with Gasteiger partial charge >= 0.3 is 0 Å². The standard InChI is InChI=1S/C21H14Br4O5S/c1-9-12(7-14(22)20(26)18(9)24)17(11-5-3-4-6-16(11)31(28,29)30)13-8-15(23)21(27)19(25)10(13)2/h3-8,26H,1-2H3,(H,28,29,30)/b17-13-. The second-order valence-corrected chi connectivity index (χ2v) is 11.4. The lowest BCUT2D eigenvalue weighted by Gasteiger charge is -2.23. The summed E-state index contributed by atoms with van der Waals surface area (Å²) < 4.78 is 35.7. The van der Waals surface area contributed by atoms with E-state index >= 15 is 0 Å². The van der Waals surface area contributed by atoms with Gasteiger partial charge in [-0.25, -0.2) is 0 Å². The smallest absolute Gasteiger partial charge is 0.295 e. The predicted molar refractivity (Wildman–Crippen MR) is 134 cm³/mol. The van der Waals surface area contributed by atoms with Gasteiger partial charge in [-0.15, -0.1) is 0 Å². The Kier molecular flexibility index (Phi) is 7.20. The van der Waals surface area contributed by atoms with E-state index in [1.807, 2.05) is 0 Å². The van der Waals surface area contributed by atoms with E-state index in [-0.39, 0.29) is 26.5 Å². The van der Waals surface area contributed by atoms with Crippen molar-refractivity contribution in [3.8, 4) is 5.75 Å². The maximum absolute atomic E-state index is 12.4. The number of rotatable bonds is 3. The minimum Gasteiger partial charge on any atom is -0.506 e. The molecule has 3 rings (SSSR count). The molecule has 0 amide bonds. The summed E-state index contributed by atoms with van der Waals surface area (Å²) in [7, 11) is -4.56. The summed E-state index contributed by atoms with van der Waals surface area (Å²) in [6, 6.07) is 7.73. The van der Waals surface area contributed by atoms with Crippen LogP contribution in [0.15, 0.2) is 70.4 Å². The maximum atomic E-state index is 12.4. The molecule has 0 aliphatic heterocycles. The molecule has 0 saturated carbocycles. The van der Waals surface area contributed by atoms with Crippen molar-refractivity contribution in [2.75, 3.05) is 0 Å². The number of carbonyl (C=O) groups excluding carboxylic acids is 1. The first-order valence-corrected chi connectivity index (χ1v) is 13.2. The normalized spacial score (nSPS) is 16.5. The van der Waals surface area contributed by atoms with Crippen molar-refractivity contribution in [1.82, 2.24) is 0 Å². The number of carbonyl (C=O) groups is 1. The van der Waals surface area contributed by atoms with Gasteiger partial charge in [0.1, 0.15) is 10.6 Å². The van der Waals surface area contributed by atoms with Crippen molar-refractivity contribution in [2.45, 2.75) is 18.7 Å². The summed E-state index contributed by atoms with van der Waals surface area (Å²) in [5, 5.41) is 10.3. The van der Waals surface area contributed by atoms with Crippen molar-refractivity contribution in [2.24, 2.45) is 0 Å². The summed E-state index contributed by atoms with van der Waals surface area (Å²) in [6.07, 6.45) is 1.62. The van der Waals surface area contributed by atoms with E-state index in [1.54, 1.807) is 38.1 Å². The summed E-state index contributed by atoms with van der Waals surface area (Å²) >= 11 is 13.3. The number of hydrogen-bond acceptors (Lipinski definition) is 4. The highest BCUT2D eigenvalue weighted by Crippen LogP contribution is 2.45. The van der Waals surface area contributed by atoms with Gasteiger partial charge in [0, 0.05) is 5.56 Å². The first-order chi connectivity index (χ1) is 14.4. The molecule has 2 aromatic carbocycles. The molecule has 0 atom stereocenters. The Morgan fingerprint density at radius 2 is 1.61 bits per heavy atom. The van der Waals surface area contributed by atoms with E-state index < -0.39 is 10.1 Å². The molecule has 0 radical (unpaired) electrons. The minimum absolute atomic E-state index is 0.00217. The highest BCUT2D eigenvalue weighted by atomic mass is 79.9. The molecule has 10 heteroatoms. The molecule has 0 fully saturated rings. The van der Waals surface area contributed by atoms with Crippen LogP contribution in [0.1, 0.15) is 23.6 Å². The molecular weight excluding hydrogens is 684 g/mol. The Morgan fingerprint density at radius 3 is 2.23 bits per heavy atom. The first-order valence-electron chi connectivity index (χ1n) is 8.64. The van der Waals surface area contributed by atoms with Crippen LogP contribution in [0.4, 0.5) is 0 Å². The van der Waals surface area contributed by atoms with Crippen molar-refractivity contribution in [1.29, 1.82) is 0 Å². The van der Waals surface area contributed by atoms with Gasteiger partial charge in [-0.05, 0) is 124 Å². The average Bonchev–Trinajstić information content (AvgIpc) is 2.72. The summed E-state index contributed by atoms with van der Waals surface area (Å²) in [6.45, 7) is 3.51. The number of allylic oxidation sites excluding steroid dienone is 5. The highest BCUT2D eigenvalue weighted by molar-refractivity contribution is 9.13. The van der Waals surface area contributed by atoms with Crippen LogP contribution >= 0.6 is 63.7 Å². The fourth-order valence-electron chi connectivity index (χ4n) is 3.25. The number of ketones is 1. The SMILES string of the molecule is CC1=C(Br)C(=O)C(Br)=C/C1=C(\c1ccccc1S(=O)(=O)O)c1cc(Br)c(O)c(Br)c1C. The Balaban J connectivity index is 2.59. The third-order valence-corrected chi connectivity index (χ3v) is 8.86. The van der Waals surface area contributed by atoms with Crippen molar-refractivity contribution < 1.29 is 22.9 Å². The van der Waals surface area contributed by atoms with Crippen LogP contribution in [0.5, 0.6) is 5.75 Å². The van der Waals surface area contributed by atoms with Gasteiger partial charge in [0.2, 0.25) is 5.78 Å². The molecule has 5 nitrogen and oxygen atoms in total. The Labute approximate surface area is 213 Å². The zero-order valence-corrected chi connectivity index (χ0v) is 23.2. The van der Waals surface area contributed by atoms with Crippen LogP contribution in [0.25, 0.3) is 5.57 Å². The monoisotopic (exact) mass is 694 g/mol. The van der Waals surface area contributed by atoms with Crippen LogP contribution in [0, 0.1) is 6.92 Å². The lowest BCUT2D eigenvalue weighted by atomic mass is 9.85. The van der Waals surface area contributed by atoms with E-state index in [0.717, 1.165) is 0 Å². The average molecular weight is 698 g/mol. The number of phenolic OH excluding ortho intramolecular Hbond substituents is 1. The van der Waals surface area contributed by atoms with Crippen molar-refractivity contribution in [3.63, 3.8) is 0 Å². The minimum atomic E-state index is -4.56. The zero-order valence-electron chi connectivity index (χ0n) is 16.0. The Bertz CT molecular complexity index is 1340. The fraction of sp³-hybridized carbons (Fsp3) is 0.0952. The van der Waals surface area contributed by atoms with E-state index in [4.69, 9.17) is 0 Å². The van der Waals surface area contributed by atoms with Gasteiger partial charge in [0.25, 0.3) is 10.1 Å². The second kappa shape index (κ2) is 9.07. The predicted octanol–water partition coefficient (Wildman–Crippen LogP) is 6.80. The molecular formula is C21H14Br4O5S. The summed E-state index contributed by atoms with van der Waals surface area (Å²) in [5.74, 6) is -0.244. The number of phenols is 1. The largest absolute Gasteiger partial charge is 0.506 e. The van der Waals surface area contributed by atoms with Crippen molar-refractivity contribution in [3.05, 3.63) is 82.2 Å².